The van der Waals surface area contributed by atoms with Crippen LogP contribution in [0.3, 0.4) is 0 Å². The van der Waals surface area contributed by atoms with Gasteiger partial charge in [0, 0.05) is 41.5 Å². The molecule has 0 bridgehead atoms. The van der Waals surface area contributed by atoms with Crippen LogP contribution >= 0.6 is 0 Å². The quantitative estimate of drug-likeness (QED) is 0.543. The third-order valence-electron chi connectivity index (χ3n) is 5.62. The second-order valence-electron chi connectivity index (χ2n) is 7.42. The number of halogens is 1. The second-order valence-corrected chi connectivity index (χ2v) is 7.42. The lowest BCUT2D eigenvalue weighted by Crippen LogP contribution is -2.25. The van der Waals surface area contributed by atoms with Gasteiger partial charge in [0.25, 0.3) is 0 Å². The van der Waals surface area contributed by atoms with Gasteiger partial charge in [0.2, 0.25) is 0 Å². The van der Waals surface area contributed by atoms with Gasteiger partial charge in [-0.3, -0.25) is 4.98 Å². The maximum Gasteiger partial charge on any atom is 0.152 e. The van der Waals surface area contributed by atoms with Gasteiger partial charge >= 0.3 is 0 Å². The summed E-state index contributed by atoms with van der Waals surface area (Å²) < 4.78 is 13.9. The summed E-state index contributed by atoms with van der Waals surface area (Å²) in [6.07, 6.45) is 6.59. The van der Waals surface area contributed by atoms with Crippen molar-refractivity contribution in [3.05, 3.63) is 72.1 Å². The Kier molecular flexibility index (Phi) is 4.64. The molecule has 31 heavy (non-hydrogen) atoms. The van der Waals surface area contributed by atoms with Crippen LogP contribution in [0, 0.1) is 17.1 Å². The summed E-state index contributed by atoms with van der Waals surface area (Å²) in [5, 5.41) is 10.5. The number of benzene rings is 1. The zero-order valence-corrected chi connectivity index (χ0v) is 16.5. The lowest BCUT2D eigenvalue weighted by atomic mass is 9.96. The van der Waals surface area contributed by atoms with Crippen molar-refractivity contribution in [1.82, 2.24) is 19.9 Å². The van der Waals surface area contributed by atoms with Crippen LogP contribution in [0.4, 0.5) is 16.0 Å². The minimum Gasteiger partial charge on any atom is -0.382 e. The van der Waals surface area contributed by atoms with E-state index in [0.29, 0.717) is 11.3 Å². The number of anilines is 2. The van der Waals surface area contributed by atoms with Crippen molar-refractivity contribution in [3.63, 3.8) is 0 Å². The molecule has 4 heterocycles. The first-order valence-electron chi connectivity index (χ1n) is 9.93. The smallest absolute Gasteiger partial charge is 0.152 e. The fourth-order valence-corrected chi connectivity index (χ4v) is 4.21. The minimum absolute atomic E-state index is 0.0634. The predicted molar refractivity (Wildman–Crippen MR) is 115 cm³/mol. The molecule has 0 aliphatic carbocycles. The van der Waals surface area contributed by atoms with Gasteiger partial charge in [0.15, 0.2) is 5.82 Å². The van der Waals surface area contributed by atoms with E-state index in [4.69, 9.17) is 10.7 Å². The van der Waals surface area contributed by atoms with E-state index < -0.39 is 0 Å². The van der Waals surface area contributed by atoms with E-state index in [-0.39, 0.29) is 23.2 Å². The van der Waals surface area contributed by atoms with Gasteiger partial charge in [0.05, 0.1) is 17.3 Å². The van der Waals surface area contributed by atoms with Crippen LogP contribution in [-0.4, -0.2) is 26.5 Å². The highest BCUT2D eigenvalue weighted by atomic mass is 19.1. The maximum absolute atomic E-state index is 13.9. The highest BCUT2D eigenvalue weighted by Gasteiger charge is 2.32. The molecule has 0 radical (unpaired) electrons. The van der Waals surface area contributed by atoms with Crippen LogP contribution in [-0.2, 0) is 0 Å². The highest BCUT2D eigenvalue weighted by Crippen LogP contribution is 2.41. The maximum atomic E-state index is 13.9. The van der Waals surface area contributed by atoms with Crippen molar-refractivity contribution in [1.29, 1.82) is 5.26 Å². The first-order valence-corrected chi connectivity index (χ1v) is 9.93. The Balaban J connectivity index is 1.71. The zero-order chi connectivity index (χ0) is 21.4. The normalized spacial score (nSPS) is 15.9. The summed E-state index contributed by atoms with van der Waals surface area (Å²) in [7, 11) is 0. The molecule has 1 saturated heterocycles. The summed E-state index contributed by atoms with van der Waals surface area (Å²) in [6.45, 7) is 0.729. The number of nitrogens with two attached hydrogens (primary N) is 1. The van der Waals surface area contributed by atoms with Crippen molar-refractivity contribution in [2.24, 2.45) is 0 Å². The molecule has 1 fully saturated rings. The van der Waals surface area contributed by atoms with Crippen LogP contribution in [0.1, 0.15) is 30.0 Å². The van der Waals surface area contributed by atoms with E-state index in [1.807, 2.05) is 12.1 Å². The Bertz CT molecular complexity index is 1320. The molecule has 2 N–H and O–H groups in total. The summed E-state index contributed by atoms with van der Waals surface area (Å²) in [5.74, 6) is 0.364. The number of pyridine rings is 2. The minimum atomic E-state index is -0.328. The van der Waals surface area contributed by atoms with Crippen LogP contribution in [0.15, 0.2) is 55.1 Å². The zero-order valence-electron chi connectivity index (χ0n) is 16.5. The molecule has 4 aromatic rings. The van der Waals surface area contributed by atoms with Crippen molar-refractivity contribution < 1.29 is 4.39 Å². The SMILES string of the molecule is N#Cc1c(N)ncnc1N1CCCC1c1cc2ccc(F)cc2nc1-c1ccncc1. The standard InChI is InChI=1S/C23H18FN7/c24-16-4-3-15-10-17(21(30-19(15)11-16)14-5-7-27-8-6-14)20-2-1-9-31(20)23-18(12-25)22(26)28-13-29-23/h3-8,10-11,13,20H,1-2,9H2,(H2,26,28,29). The summed E-state index contributed by atoms with van der Waals surface area (Å²) in [6, 6.07) is 12.5. The van der Waals surface area contributed by atoms with Crippen LogP contribution in [0.2, 0.25) is 0 Å². The molecule has 0 spiro atoms. The molecule has 152 valence electrons. The van der Waals surface area contributed by atoms with E-state index in [1.165, 1.54) is 18.5 Å². The number of fused-ring (bicyclic) bond motifs is 1. The Morgan fingerprint density at radius 3 is 2.77 bits per heavy atom. The molecular weight excluding hydrogens is 393 g/mol. The molecular formula is C23H18FN7. The largest absolute Gasteiger partial charge is 0.382 e. The first-order chi connectivity index (χ1) is 15.2. The van der Waals surface area contributed by atoms with Gasteiger partial charge in [-0.25, -0.2) is 19.3 Å². The average Bonchev–Trinajstić information content (AvgIpc) is 3.28. The Morgan fingerprint density at radius 2 is 1.97 bits per heavy atom. The van der Waals surface area contributed by atoms with E-state index in [2.05, 4.69) is 32.0 Å². The van der Waals surface area contributed by atoms with Gasteiger partial charge in [-0.15, -0.1) is 0 Å². The first kappa shape index (κ1) is 18.9. The lowest BCUT2D eigenvalue weighted by molar-refractivity contribution is 0.629. The summed E-state index contributed by atoms with van der Waals surface area (Å²) in [5.41, 5.74) is 9.44. The monoisotopic (exact) mass is 411 g/mol. The van der Waals surface area contributed by atoms with Crippen LogP contribution in [0.25, 0.3) is 22.2 Å². The van der Waals surface area contributed by atoms with E-state index in [0.717, 1.165) is 41.6 Å². The van der Waals surface area contributed by atoms with E-state index >= 15 is 0 Å². The number of nitriles is 1. The van der Waals surface area contributed by atoms with Gasteiger partial charge in [0.1, 0.15) is 29.6 Å². The van der Waals surface area contributed by atoms with E-state index in [1.54, 1.807) is 18.5 Å². The number of nitrogen functional groups attached to an aromatic ring is 1. The highest BCUT2D eigenvalue weighted by molar-refractivity contribution is 5.84. The summed E-state index contributed by atoms with van der Waals surface area (Å²) >= 11 is 0. The molecule has 1 aromatic carbocycles. The second kappa shape index (κ2) is 7.61. The number of rotatable bonds is 3. The van der Waals surface area contributed by atoms with Gasteiger partial charge in [-0.2, -0.15) is 5.26 Å². The third kappa shape index (κ3) is 3.30. The lowest BCUT2D eigenvalue weighted by Gasteiger charge is -2.28. The van der Waals surface area contributed by atoms with Gasteiger partial charge < -0.3 is 10.6 Å². The van der Waals surface area contributed by atoms with Crippen LogP contribution in [0.5, 0.6) is 0 Å². The summed E-state index contributed by atoms with van der Waals surface area (Å²) in [4.78, 5) is 19.4. The molecule has 0 saturated carbocycles. The third-order valence-corrected chi connectivity index (χ3v) is 5.62. The molecule has 0 amide bonds. The number of hydrogen-bond acceptors (Lipinski definition) is 7. The average molecular weight is 411 g/mol. The molecule has 7 nitrogen and oxygen atoms in total. The number of aromatic nitrogens is 4. The topological polar surface area (TPSA) is 105 Å². The Hall–Kier alpha value is -4.12. The van der Waals surface area contributed by atoms with Crippen LogP contribution < -0.4 is 10.6 Å². The Labute approximate surface area is 178 Å². The molecule has 3 aromatic heterocycles. The Morgan fingerprint density at radius 1 is 1.13 bits per heavy atom. The van der Waals surface area contributed by atoms with Crippen molar-refractivity contribution in [2.45, 2.75) is 18.9 Å². The molecule has 1 aliphatic rings. The molecule has 1 unspecified atom stereocenters. The van der Waals surface area contributed by atoms with Gasteiger partial charge in [-0.1, -0.05) is 0 Å². The molecule has 5 rings (SSSR count). The van der Waals surface area contributed by atoms with Crippen molar-refractivity contribution in [3.8, 4) is 17.3 Å². The number of nitrogens with zero attached hydrogens (tertiary/aromatic N) is 6. The van der Waals surface area contributed by atoms with Crippen molar-refractivity contribution in [2.75, 3.05) is 17.2 Å². The van der Waals surface area contributed by atoms with Crippen molar-refractivity contribution >= 4 is 22.5 Å². The predicted octanol–water partition coefficient (Wildman–Crippen LogP) is 4.02. The van der Waals surface area contributed by atoms with E-state index in [9.17, 15) is 9.65 Å². The molecule has 1 aliphatic heterocycles. The van der Waals surface area contributed by atoms with Gasteiger partial charge in [-0.05, 0) is 43.2 Å². The fraction of sp³-hybridized carbons (Fsp3) is 0.174. The fourth-order valence-electron chi connectivity index (χ4n) is 4.21. The molecule has 8 heteroatoms. The molecule has 1 atom stereocenters. The number of hydrogen-bond donors (Lipinski definition) is 1.